The minimum Gasteiger partial charge on any atom is -0.480 e. The molecule has 2 aliphatic carbocycles. The zero-order valence-electron chi connectivity index (χ0n) is 27.8. The van der Waals surface area contributed by atoms with E-state index >= 15 is 0 Å². The summed E-state index contributed by atoms with van der Waals surface area (Å²) in [6.45, 7) is 6.66. The highest BCUT2D eigenvalue weighted by Crippen LogP contribution is 2.32. The fourth-order valence-electron chi connectivity index (χ4n) is 6.85. The number of rotatable bonds is 10. The molecule has 4 N–H and O–H groups in total. The van der Waals surface area contributed by atoms with Crippen molar-refractivity contribution in [3.8, 4) is 0 Å². The number of likely N-dealkylation sites (tertiary alicyclic amines) is 1. The van der Waals surface area contributed by atoms with Crippen LogP contribution in [0.15, 0.2) is 24.3 Å². The molecule has 12 heteroatoms. The van der Waals surface area contributed by atoms with Crippen molar-refractivity contribution in [3.63, 3.8) is 0 Å². The van der Waals surface area contributed by atoms with Gasteiger partial charge in [-0.05, 0) is 83.3 Å². The number of hydrogen-bond donors (Lipinski definition) is 4. The van der Waals surface area contributed by atoms with Crippen molar-refractivity contribution < 1.29 is 33.8 Å². The predicted molar refractivity (Wildman–Crippen MR) is 172 cm³/mol. The van der Waals surface area contributed by atoms with E-state index in [9.17, 15) is 29.1 Å². The second kappa shape index (κ2) is 15.3. The van der Waals surface area contributed by atoms with E-state index in [4.69, 9.17) is 4.74 Å². The van der Waals surface area contributed by atoms with Crippen LogP contribution in [0.4, 0.5) is 4.79 Å². The van der Waals surface area contributed by atoms with E-state index in [-0.39, 0.29) is 43.3 Å². The molecule has 46 heavy (non-hydrogen) atoms. The van der Waals surface area contributed by atoms with Gasteiger partial charge < -0.3 is 30.7 Å². The largest absolute Gasteiger partial charge is 0.480 e. The molecule has 1 saturated carbocycles. The van der Waals surface area contributed by atoms with Crippen molar-refractivity contribution in [2.45, 2.75) is 121 Å². The van der Waals surface area contributed by atoms with Gasteiger partial charge in [-0.2, -0.15) is 0 Å². The van der Waals surface area contributed by atoms with Crippen molar-refractivity contribution in [2.24, 2.45) is 5.92 Å². The van der Waals surface area contributed by atoms with Gasteiger partial charge in [-0.3, -0.25) is 24.1 Å². The summed E-state index contributed by atoms with van der Waals surface area (Å²) in [6, 6.07) is 4.81. The number of carbonyl (C=O) groups is 5. The lowest BCUT2D eigenvalue weighted by Crippen LogP contribution is -2.59. The number of fused-ring (bicyclic) bond motifs is 1. The van der Waals surface area contributed by atoms with Gasteiger partial charge in [-0.25, -0.2) is 4.79 Å². The molecule has 1 heterocycles. The van der Waals surface area contributed by atoms with E-state index in [2.05, 4.69) is 22.0 Å². The Morgan fingerprint density at radius 1 is 1.04 bits per heavy atom. The molecule has 1 aromatic rings. The number of amides is 4. The van der Waals surface area contributed by atoms with Gasteiger partial charge in [0, 0.05) is 19.6 Å². The Kier molecular flexibility index (Phi) is 11.7. The van der Waals surface area contributed by atoms with Crippen LogP contribution in [0.1, 0.15) is 96.2 Å². The number of nitrogens with zero attached hydrogens (tertiary/aromatic N) is 2. The number of aryl methyl sites for hydroxylation is 1. The minimum atomic E-state index is -1.03. The first kappa shape index (κ1) is 35.2. The van der Waals surface area contributed by atoms with Crippen molar-refractivity contribution >= 4 is 29.8 Å². The number of aliphatic carboxylic acids is 1. The fraction of sp³-hybridized carbons (Fsp3) is 0.676. The lowest BCUT2D eigenvalue weighted by molar-refractivity contribution is -0.143. The first-order valence-electron chi connectivity index (χ1n) is 16.6. The van der Waals surface area contributed by atoms with E-state index in [0.29, 0.717) is 0 Å². The maximum absolute atomic E-state index is 14.5. The maximum Gasteiger partial charge on any atom is 0.410 e. The van der Waals surface area contributed by atoms with Crippen molar-refractivity contribution in [1.82, 2.24) is 25.8 Å². The highest BCUT2D eigenvalue weighted by atomic mass is 16.6. The zero-order valence-corrected chi connectivity index (χ0v) is 27.8. The van der Waals surface area contributed by atoms with Crippen LogP contribution in [-0.4, -0.2) is 94.6 Å². The first-order chi connectivity index (χ1) is 21.7. The van der Waals surface area contributed by atoms with Crippen LogP contribution in [0, 0.1) is 5.92 Å². The van der Waals surface area contributed by atoms with E-state index < -0.39 is 47.7 Å². The molecule has 1 aromatic carbocycles. The number of hydrogen-bond acceptors (Lipinski definition) is 7. The van der Waals surface area contributed by atoms with Gasteiger partial charge in [0.2, 0.25) is 17.7 Å². The molecule has 12 nitrogen and oxygen atoms in total. The van der Waals surface area contributed by atoms with Crippen molar-refractivity contribution in [3.05, 3.63) is 35.4 Å². The van der Waals surface area contributed by atoms with Crippen LogP contribution in [-0.2, 0) is 30.3 Å². The molecule has 3 aliphatic rings. The van der Waals surface area contributed by atoms with Gasteiger partial charge in [-0.15, -0.1) is 0 Å². The summed E-state index contributed by atoms with van der Waals surface area (Å²) in [6.07, 6.45) is 6.65. The molecule has 0 radical (unpaired) electrons. The molecule has 4 rings (SSSR count). The van der Waals surface area contributed by atoms with E-state index in [1.807, 2.05) is 18.2 Å². The molecule has 1 aliphatic heterocycles. The van der Waals surface area contributed by atoms with E-state index in [0.717, 1.165) is 56.9 Å². The van der Waals surface area contributed by atoms with Gasteiger partial charge in [-0.1, -0.05) is 43.5 Å². The number of benzene rings is 1. The van der Waals surface area contributed by atoms with Crippen LogP contribution < -0.4 is 16.0 Å². The molecular formula is C34H51N5O7. The Bertz CT molecular complexity index is 1270. The number of likely N-dealkylation sites (N-methyl/N-ethyl adjacent to an activating group) is 1. The molecule has 254 valence electrons. The Balaban J connectivity index is 1.55. The third-order valence-electron chi connectivity index (χ3n) is 9.44. The van der Waals surface area contributed by atoms with Gasteiger partial charge in [0.05, 0.1) is 12.6 Å². The Hall–Kier alpha value is -3.67. The number of ether oxygens (including phenoxy) is 1. The zero-order chi connectivity index (χ0) is 33.6. The molecule has 0 spiro atoms. The minimum absolute atomic E-state index is 0.135. The maximum atomic E-state index is 14.5. The van der Waals surface area contributed by atoms with Gasteiger partial charge in [0.15, 0.2) is 0 Å². The van der Waals surface area contributed by atoms with Crippen LogP contribution in [0.2, 0.25) is 0 Å². The quantitative estimate of drug-likeness (QED) is 0.304. The summed E-state index contributed by atoms with van der Waals surface area (Å²) in [5.74, 6) is -2.31. The van der Waals surface area contributed by atoms with Gasteiger partial charge >= 0.3 is 12.1 Å². The first-order valence-corrected chi connectivity index (χ1v) is 16.6. The van der Waals surface area contributed by atoms with E-state index in [1.54, 1.807) is 27.7 Å². The van der Waals surface area contributed by atoms with Crippen LogP contribution in [0.5, 0.6) is 0 Å². The third-order valence-corrected chi connectivity index (χ3v) is 9.44. The smallest absolute Gasteiger partial charge is 0.410 e. The monoisotopic (exact) mass is 641 g/mol. The predicted octanol–water partition coefficient (Wildman–Crippen LogP) is 3.14. The van der Waals surface area contributed by atoms with Crippen LogP contribution >= 0.6 is 0 Å². The topological polar surface area (TPSA) is 157 Å². The summed E-state index contributed by atoms with van der Waals surface area (Å²) in [4.78, 5) is 68.7. The second-order valence-corrected chi connectivity index (χ2v) is 14.0. The normalized spacial score (nSPS) is 23.1. The van der Waals surface area contributed by atoms with Gasteiger partial charge in [0.1, 0.15) is 23.7 Å². The van der Waals surface area contributed by atoms with Crippen LogP contribution in [0.3, 0.4) is 0 Å². The summed E-state index contributed by atoms with van der Waals surface area (Å²) >= 11 is 0. The molecule has 0 bridgehead atoms. The second-order valence-electron chi connectivity index (χ2n) is 14.0. The van der Waals surface area contributed by atoms with E-state index in [1.165, 1.54) is 22.4 Å². The van der Waals surface area contributed by atoms with Gasteiger partial charge in [0.25, 0.3) is 0 Å². The highest BCUT2D eigenvalue weighted by molar-refractivity contribution is 5.94. The highest BCUT2D eigenvalue weighted by Gasteiger charge is 2.45. The standard InChI is InChI=1S/C34H51N5O7/c1-21(38(5)33(45)46-34(2,3)4)30(42)37-29(23-13-7-6-8-14-23)32(44)39-20-24(35-19-28(40)41)18-27(39)31(43)36-26-17-11-15-22-12-9-10-16-25(22)26/h9-10,12,16,21,23-24,26-27,29,35H,6-8,11,13-15,17-20H2,1-5H3,(H,36,43)(H,37,42)(H,40,41)/t21-,24-,26+,27-,29-/m0/s1. The SMILES string of the molecule is C[C@@H](C(=O)N[C@H](C(=O)N1C[C@@H](NCC(=O)O)C[C@H]1C(=O)N[C@@H]1CCCc2ccccc21)C1CCCCC1)N(C)C(=O)OC(C)(C)C. The Morgan fingerprint density at radius 2 is 1.74 bits per heavy atom. The third kappa shape index (κ3) is 8.98. The molecule has 0 unspecified atom stereocenters. The van der Waals surface area contributed by atoms with Crippen molar-refractivity contribution in [2.75, 3.05) is 20.1 Å². The summed E-state index contributed by atoms with van der Waals surface area (Å²) in [5.41, 5.74) is 1.54. The lowest BCUT2D eigenvalue weighted by Gasteiger charge is -2.36. The molecule has 1 saturated heterocycles. The molecule has 4 amide bonds. The summed E-state index contributed by atoms with van der Waals surface area (Å²) in [5, 5.41) is 18.4. The Morgan fingerprint density at radius 3 is 2.41 bits per heavy atom. The number of nitrogens with one attached hydrogen (secondary N) is 3. The summed E-state index contributed by atoms with van der Waals surface area (Å²) in [7, 11) is 1.48. The fourth-order valence-corrected chi connectivity index (χ4v) is 6.85. The lowest BCUT2D eigenvalue weighted by atomic mass is 9.83. The number of carboxylic acids is 1. The molecular weight excluding hydrogens is 590 g/mol. The van der Waals surface area contributed by atoms with Crippen molar-refractivity contribution in [1.29, 1.82) is 0 Å². The molecule has 5 atom stereocenters. The average molecular weight is 642 g/mol. The average Bonchev–Trinajstić information content (AvgIpc) is 3.46. The molecule has 0 aromatic heterocycles. The number of carboxylic acid groups (broad SMARTS) is 1. The summed E-state index contributed by atoms with van der Waals surface area (Å²) < 4.78 is 5.44. The Labute approximate surface area is 272 Å². The number of carbonyl (C=O) groups excluding carboxylic acids is 4. The molecule has 2 fully saturated rings. The van der Waals surface area contributed by atoms with Crippen LogP contribution in [0.25, 0.3) is 0 Å².